The highest BCUT2D eigenvalue weighted by atomic mass is 19.4. The maximum atomic E-state index is 13.3. The first kappa shape index (κ1) is 17.9. The second-order valence-electron chi connectivity index (χ2n) is 6.20. The van der Waals surface area contributed by atoms with Crippen LogP contribution in [0.4, 0.5) is 19.0 Å². The van der Waals surface area contributed by atoms with Crippen molar-refractivity contribution in [2.45, 2.75) is 19.6 Å². The van der Waals surface area contributed by atoms with Crippen LogP contribution in [0.2, 0.25) is 0 Å². The zero-order valence-corrected chi connectivity index (χ0v) is 14.8. The van der Waals surface area contributed by atoms with Gasteiger partial charge in [0.2, 0.25) is 0 Å². The van der Waals surface area contributed by atoms with E-state index in [0.29, 0.717) is 11.3 Å². The molecule has 9 heteroatoms. The van der Waals surface area contributed by atoms with Crippen molar-refractivity contribution >= 4 is 11.5 Å². The first-order valence-corrected chi connectivity index (χ1v) is 8.44. The van der Waals surface area contributed by atoms with E-state index in [1.165, 1.54) is 12.4 Å². The number of anilines is 1. The Morgan fingerprint density at radius 1 is 1.07 bits per heavy atom. The molecule has 0 bridgehead atoms. The smallest absolute Gasteiger partial charge is 0.364 e. The van der Waals surface area contributed by atoms with Crippen molar-refractivity contribution in [3.8, 4) is 11.4 Å². The molecule has 6 nitrogen and oxygen atoms in total. The van der Waals surface area contributed by atoms with Crippen LogP contribution < -0.4 is 5.32 Å². The standard InChI is InChI=1S/C19H15F3N6/c1-12-3-2-8-28-11-14(25-18(12)28)10-24-16-9-15(19(20,21)22)26-17(27-16)13-4-6-23-7-5-13/h2-9,11H,10H2,1H3,(H,24,26,27). The molecule has 0 unspecified atom stereocenters. The third kappa shape index (κ3) is 3.64. The third-order valence-corrected chi connectivity index (χ3v) is 4.13. The van der Waals surface area contributed by atoms with Crippen LogP contribution in [0.15, 0.2) is 55.1 Å². The van der Waals surface area contributed by atoms with Crippen molar-refractivity contribution in [1.82, 2.24) is 24.3 Å². The predicted molar refractivity (Wildman–Crippen MR) is 97.5 cm³/mol. The number of rotatable bonds is 4. The lowest BCUT2D eigenvalue weighted by atomic mass is 10.2. The number of pyridine rings is 2. The first-order valence-electron chi connectivity index (χ1n) is 8.44. The van der Waals surface area contributed by atoms with E-state index in [0.717, 1.165) is 17.3 Å². The summed E-state index contributed by atoms with van der Waals surface area (Å²) in [4.78, 5) is 16.2. The minimum Gasteiger partial charge on any atom is -0.364 e. The van der Waals surface area contributed by atoms with E-state index in [-0.39, 0.29) is 18.2 Å². The number of nitrogens with one attached hydrogen (secondary N) is 1. The van der Waals surface area contributed by atoms with Crippen LogP contribution in [0.5, 0.6) is 0 Å². The summed E-state index contributed by atoms with van der Waals surface area (Å²) in [6.07, 6.45) is 2.06. The number of aryl methyl sites for hydroxylation is 1. The average molecular weight is 384 g/mol. The van der Waals surface area contributed by atoms with Crippen LogP contribution >= 0.6 is 0 Å². The van der Waals surface area contributed by atoms with E-state index in [4.69, 9.17) is 0 Å². The Morgan fingerprint density at radius 2 is 1.86 bits per heavy atom. The van der Waals surface area contributed by atoms with Gasteiger partial charge in [0, 0.05) is 36.4 Å². The monoisotopic (exact) mass is 384 g/mol. The molecule has 1 N–H and O–H groups in total. The molecule has 28 heavy (non-hydrogen) atoms. The van der Waals surface area contributed by atoms with E-state index >= 15 is 0 Å². The lowest BCUT2D eigenvalue weighted by Gasteiger charge is -2.11. The van der Waals surface area contributed by atoms with Crippen molar-refractivity contribution in [1.29, 1.82) is 0 Å². The number of hydrogen-bond donors (Lipinski definition) is 1. The van der Waals surface area contributed by atoms with Crippen molar-refractivity contribution in [2.24, 2.45) is 0 Å². The minimum atomic E-state index is -4.58. The normalized spacial score (nSPS) is 11.7. The number of hydrogen-bond acceptors (Lipinski definition) is 5. The fourth-order valence-corrected chi connectivity index (χ4v) is 2.78. The fraction of sp³-hybridized carbons (Fsp3) is 0.158. The van der Waals surface area contributed by atoms with Crippen molar-refractivity contribution in [3.63, 3.8) is 0 Å². The molecule has 0 saturated heterocycles. The van der Waals surface area contributed by atoms with Gasteiger partial charge in [0.1, 0.15) is 11.5 Å². The number of nitrogens with zero attached hydrogens (tertiary/aromatic N) is 5. The maximum absolute atomic E-state index is 13.3. The van der Waals surface area contributed by atoms with Gasteiger partial charge >= 0.3 is 6.18 Å². The average Bonchev–Trinajstić information content (AvgIpc) is 3.11. The zero-order valence-electron chi connectivity index (χ0n) is 14.8. The summed E-state index contributed by atoms with van der Waals surface area (Å²) in [6, 6.07) is 7.86. The Kier molecular flexibility index (Phi) is 4.42. The first-order chi connectivity index (χ1) is 13.4. The van der Waals surface area contributed by atoms with Gasteiger partial charge in [-0.15, -0.1) is 0 Å². The molecule has 0 aromatic carbocycles. The second-order valence-corrected chi connectivity index (χ2v) is 6.20. The molecule has 0 aliphatic carbocycles. The van der Waals surface area contributed by atoms with Crippen LogP contribution in [-0.4, -0.2) is 24.3 Å². The number of halogens is 3. The summed E-state index contributed by atoms with van der Waals surface area (Å²) < 4.78 is 41.7. The molecule has 0 atom stereocenters. The van der Waals surface area contributed by atoms with Gasteiger partial charge in [0.05, 0.1) is 12.2 Å². The number of aromatic nitrogens is 5. The molecule has 4 aromatic rings. The Hall–Kier alpha value is -3.49. The lowest BCUT2D eigenvalue weighted by molar-refractivity contribution is -0.141. The summed E-state index contributed by atoms with van der Waals surface area (Å²) in [5.41, 5.74) is 1.94. The molecular formula is C19H15F3N6. The topological polar surface area (TPSA) is 68.0 Å². The van der Waals surface area contributed by atoms with Crippen LogP contribution in [0, 0.1) is 6.92 Å². The van der Waals surface area contributed by atoms with Gasteiger partial charge in [-0.2, -0.15) is 13.2 Å². The van der Waals surface area contributed by atoms with Crippen molar-refractivity contribution in [2.75, 3.05) is 5.32 Å². The summed E-state index contributed by atoms with van der Waals surface area (Å²) in [7, 11) is 0. The van der Waals surface area contributed by atoms with Crippen LogP contribution in [0.3, 0.4) is 0 Å². The van der Waals surface area contributed by atoms with Gasteiger partial charge in [-0.3, -0.25) is 4.98 Å². The summed E-state index contributed by atoms with van der Waals surface area (Å²) in [6.45, 7) is 2.17. The van der Waals surface area contributed by atoms with E-state index in [1.54, 1.807) is 12.1 Å². The van der Waals surface area contributed by atoms with E-state index < -0.39 is 11.9 Å². The highest BCUT2D eigenvalue weighted by Crippen LogP contribution is 2.30. The molecule has 0 amide bonds. The van der Waals surface area contributed by atoms with Crippen molar-refractivity contribution in [3.05, 3.63) is 72.1 Å². The highest BCUT2D eigenvalue weighted by Gasteiger charge is 2.33. The Labute approximate surface area is 158 Å². The molecule has 0 spiro atoms. The van der Waals surface area contributed by atoms with E-state index in [1.807, 2.05) is 35.9 Å². The maximum Gasteiger partial charge on any atom is 0.433 e. The molecule has 142 valence electrons. The SMILES string of the molecule is Cc1cccn2cc(CNc3cc(C(F)(F)F)nc(-c4ccncc4)n3)nc12. The van der Waals surface area contributed by atoms with Crippen LogP contribution in [0.25, 0.3) is 17.0 Å². The fourth-order valence-electron chi connectivity index (χ4n) is 2.78. The lowest BCUT2D eigenvalue weighted by Crippen LogP contribution is -2.12. The number of fused-ring (bicyclic) bond motifs is 1. The Balaban J connectivity index is 1.65. The minimum absolute atomic E-state index is 0.0226. The van der Waals surface area contributed by atoms with E-state index in [9.17, 15) is 13.2 Å². The molecule has 0 saturated carbocycles. The van der Waals surface area contributed by atoms with Gasteiger partial charge in [0.15, 0.2) is 11.5 Å². The largest absolute Gasteiger partial charge is 0.433 e. The Morgan fingerprint density at radius 3 is 2.57 bits per heavy atom. The summed E-state index contributed by atoms with van der Waals surface area (Å²) in [5, 5.41) is 2.92. The molecule has 0 radical (unpaired) electrons. The molecule has 4 rings (SSSR count). The van der Waals surface area contributed by atoms with Gasteiger partial charge in [0.25, 0.3) is 0 Å². The molecule has 0 fully saturated rings. The van der Waals surface area contributed by atoms with Crippen molar-refractivity contribution < 1.29 is 13.2 Å². The zero-order chi connectivity index (χ0) is 19.7. The van der Waals surface area contributed by atoms with Crippen LogP contribution in [0.1, 0.15) is 17.0 Å². The predicted octanol–water partition coefficient (Wildman–Crippen LogP) is 4.13. The Bertz CT molecular complexity index is 1120. The molecule has 0 aliphatic heterocycles. The van der Waals surface area contributed by atoms with Gasteiger partial charge < -0.3 is 9.72 Å². The molecule has 4 heterocycles. The van der Waals surface area contributed by atoms with Gasteiger partial charge in [-0.25, -0.2) is 15.0 Å². The summed E-state index contributed by atoms with van der Waals surface area (Å²) in [5.74, 6) is 0.0495. The molecule has 4 aromatic heterocycles. The third-order valence-electron chi connectivity index (χ3n) is 4.13. The highest BCUT2D eigenvalue weighted by molar-refractivity contribution is 5.57. The second kappa shape index (κ2) is 6.91. The quantitative estimate of drug-likeness (QED) is 0.573. The van der Waals surface area contributed by atoms with E-state index in [2.05, 4.69) is 25.3 Å². The number of imidazole rings is 1. The molecule has 0 aliphatic rings. The number of alkyl halides is 3. The van der Waals surface area contributed by atoms with Crippen LogP contribution in [-0.2, 0) is 12.7 Å². The van der Waals surface area contributed by atoms with Gasteiger partial charge in [-0.05, 0) is 30.7 Å². The molecular weight excluding hydrogens is 369 g/mol. The summed E-state index contributed by atoms with van der Waals surface area (Å²) >= 11 is 0. The van der Waals surface area contributed by atoms with Gasteiger partial charge in [-0.1, -0.05) is 6.07 Å².